The molecule has 0 unspecified atom stereocenters. The molecule has 1 saturated heterocycles. The van der Waals surface area contributed by atoms with Gasteiger partial charge in [-0.1, -0.05) is 15.9 Å². The second-order valence-corrected chi connectivity index (χ2v) is 7.92. The minimum absolute atomic E-state index is 0.00882. The van der Waals surface area contributed by atoms with Gasteiger partial charge in [-0.15, -0.1) is 0 Å². The van der Waals surface area contributed by atoms with Crippen molar-refractivity contribution >= 4 is 51.1 Å². The smallest absolute Gasteiger partial charge is 0.337 e. The Balaban J connectivity index is 1.53. The molecule has 1 aliphatic heterocycles. The zero-order chi connectivity index (χ0) is 22.5. The maximum absolute atomic E-state index is 12.4. The van der Waals surface area contributed by atoms with E-state index in [0.29, 0.717) is 16.9 Å². The van der Waals surface area contributed by atoms with E-state index < -0.39 is 30.4 Å². The summed E-state index contributed by atoms with van der Waals surface area (Å²) in [7, 11) is 1.29. The minimum Gasteiger partial charge on any atom is -0.465 e. The highest BCUT2D eigenvalue weighted by Crippen LogP contribution is 2.26. The number of carbonyl (C=O) groups excluding carboxylic acids is 4. The quantitative estimate of drug-likeness (QED) is 0.626. The van der Waals surface area contributed by atoms with Gasteiger partial charge in [0.1, 0.15) is 0 Å². The van der Waals surface area contributed by atoms with Crippen LogP contribution in [0.4, 0.5) is 11.4 Å². The van der Waals surface area contributed by atoms with Crippen LogP contribution in [0.5, 0.6) is 0 Å². The fraction of sp³-hybridized carbons (Fsp3) is 0.273. The monoisotopic (exact) mass is 488 g/mol. The molecule has 1 fully saturated rings. The molecule has 31 heavy (non-hydrogen) atoms. The van der Waals surface area contributed by atoms with Crippen LogP contribution in [0.15, 0.2) is 46.9 Å². The summed E-state index contributed by atoms with van der Waals surface area (Å²) < 4.78 is 10.7. The average molecular weight is 489 g/mol. The number of nitrogens with zero attached hydrogens (tertiary/aromatic N) is 1. The number of amides is 2. The summed E-state index contributed by atoms with van der Waals surface area (Å²) in [6.07, 6.45) is -0.00882. The van der Waals surface area contributed by atoms with Crippen molar-refractivity contribution in [2.75, 3.05) is 30.5 Å². The summed E-state index contributed by atoms with van der Waals surface area (Å²) >= 11 is 3.39. The van der Waals surface area contributed by atoms with Crippen LogP contribution >= 0.6 is 15.9 Å². The predicted octanol–water partition coefficient (Wildman–Crippen LogP) is 3.08. The Morgan fingerprint density at radius 1 is 1.16 bits per heavy atom. The third kappa shape index (κ3) is 5.49. The molecule has 162 valence electrons. The Labute approximate surface area is 187 Å². The molecule has 0 bridgehead atoms. The van der Waals surface area contributed by atoms with Crippen molar-refractivity contribution < 1.29 is 28.7 Å². The lowest BCUT2D eigenvalue weighted by Gasteiger charge is -2.16. The molecule has 2 aromatic rings. The number of methoxy groups -OCH3 is 1. The van der Waals surface area contributed by atoms with Gasteiger partial charge in [-0.2, -0.15) is 0 Å². The molecule has 8 nitrogen and oxygen atoms in total. The second kappa shape index (κ2) is 9.74. The first-order valence-corrected chi connectivity index (χ1v) is 10.3. The molecular formula is C22H21BrN2O6. The van der Waals surface area contributed by atoms with E-state index in [9.17, 15) is 19.2 Å². The molecule has 0 saturated carbocycles. The standard InChI is InChI=1S/C22H21BrN2O6/c1-13-9-16(5-8-18(13)23)24-19(26)12-31-22(29)15-10-20(27)25(11-15)17-6-3-14(4-7-17)21(28)30-2/h3-9,15H,10-12H2,1-2H3,(H,24,26)/t15-/m0/s1. The SMILES string of the molecule is COC(=O)c1ccc(N2C[C@@H](C(=O)OCC(=O)Nc3ccc(Br)c(C)c3)CC2=O)cc1. The van der Waals surface area contributed by atoms with Crippen LogP contribution in [0.2, 0.25) is 0 Å². The molecule has 1 heterocycles. The van der Waals surface area contributed by atoms with Gasteiger partial charge in [0.2, 0.25) is 5.91 Å². The van der Waals surface area contributed by atoms with Gasteiger partial charge in [0.05, 0.1) is 18.6 Å². The summed E-state index contributed by atoms with van der Waals surface area (Å²) in [5.41, 5.74) is 2.48. The van der Waals surface area contributed by atoms with Crippen LogP contribution in [0.3, 0.4) is 0 Å². The van der Waals surface area contributed by atoms with E-state index in [0.717, 1.165) is 10.0 Å². The summed E-state index contributed by atoms with van der Waals surface area (Å²) in [6, 6.07) is 11.7. The molecule has 9 heteroatoms. The molecular weight excluding hydrogens is 468 g/mol. The third-order valence-corrected chi connectivity index (χ3v) is 5.74. The Kier molecular flexibility index (Phi) is 7.06. The summed E-state index contributed by atoms with van der Waals surface area (Å²) in [4.78, 5) is 49.8. The van der Waals surface area contributed by atoms with Crippen molar-refractivity contribution in [1.82, 2.24) is 0 Å². The number of carbonyl (C=O) groups is 4. The topological polar surface area (TPSA) is 102 Å². The zero-order valence-electron chi connectivity index (χ0n) is 17.0. The molecule has 0 radical (unpaired) electrons. The normalized spacial score (nSPS) is 15.5. The molecule has 2 amide bonds. The lowest BCUT2D eigenvalue weighted by Crippen LogP contribution is -2.28. The first-order chi connectivity index (χ1) is 14.8. The van der Waals surface area contributed by atoms with Crippen LogP contribution in [0.25, 0.3) is 0 Å². The Morgan fingerprint density at radius 2 is 1.87 bits per heavy atom. The number of hydrogen-bond donors (Lipinski definition) is 1. The second-order valence-electron chi connectivity index (χ2n) is 7.06. The van der Waals surface area contributed by atoms with Gasteiger partial charge in [0, 0.05) is 28.8 Å². The number of anilines is 2. The number of benzene rings is 2. The van der Waals surface area contributed by atoms with Gasteiger partial charge in [-0.05, 0) is 55.0 Å². The van der Waals surface area contributed by atoms with E-state index in [1.807, 2.05) is 13.0 Å². The van der Waals surface area contributed by atoms with E-state index >= 15 is 0 Å². The van der Waals surface area contributed by atoms with Crippen LogP contribution in [-0.4, -0.2) is 44.0 Å². The largest absolute Gasteiger partial charge is 0.465 e. The highest BCUT2D eigenvalue weighted by Gasteiger charge is 2.36. The van der Waals surface area contributed by atoms with Crippen LogP contribution < -0.4 is 10.2 Å². The third-order valence-electron chi connectivity index (χ3n) is 4.85. The average Bonchev–Trinajstić information content (AvgIpc) is 3.16. The Bertz CT molecular complexity index is 1020. The van der Waals surface area contributed by atoms with Gasteiger partial charge in [-0.25, -0.2) is 4.79 Å². The van der Waals surface area contributed by atoms with E-state index in [-0.39, 0.29) is 18.9 Å². The lowest BCUT2D eigenvalue weighted by atomic mass is 10.1. The zero-order valence-corrected chi connectivity index (χ0v) is 18.6. The van der Waals surface area contributed by atoms with Crippen molar-refractivity contribution in [3.63, 3.8) is 0 Å². The summed E-state index contributed by atoms with van der Waals surface area (Å²) in [5, 5.41) is 2.67. The number of nitrogens with one attached hydrogen (secondary N) is 1. The molecule has 1 N–H and O–H groups in total. The molecule has 2 aromatic carbocycles. The van der Waals surface area contributed by atoms with E-state index in [2.05, 4.69) is 26.0 Å². The molecule has 0 aromatic heterocycles. The first-order valence-electron chi connectivity index (χ1n) is 9.50. The maximum Gasteiger partial charge on any atom is 0.337 e. The van der Waals surface area contributed by atoms with Crippen LogP contribution in [0, 0.1) is 12.8 Å². The van der Waals surface area contributed by atoms with E-state index in [1.165, 1.54) is 12.0 Å². The van der Waals surface area contributed by atoms with Crippen LogP contribution in [-0.2, 0) is 23.9 Å². The van der Waals surface area contributed by atoms with E-state index in [4.69, 9.17) is 4.74 Å². The van der Waals surface area contributed by atoms with Gasteiger partial charge < -0.3 is 19.7 Å². The van der Waals surface area contributed by atoms with Crippen molar-refractivity contribution in [2.24, 2.45) is 5.92 Å². The summed E-state index contributed by atoms with van der Waals surface area (Å²) in [6.45, 7) is 1.60. The minimum atomic E-state index is -0.671. The number of esters is 2. The van der Waals surface area contributed by atoms with Crippen molar-refractivity contribution in [1.29, 1.82) is 0 Å². The number of aryl methyl sites for hydroxylation is 1. The lowest BCUT2D eigenvalue weighted by molar-refractivity contribution is -0.151. The Hall–Kier alpha value is -3.20. The predicted molar refractivity (Wildman–Crippen MR) is 117 cm³/mol. The number of ether oxygens (including phenoxy) is 2. The highest BCUT2D eigenvalue weighted by molar-refractivity contribution is 9.10. The number of halogens is 1. The van der Waals surface area contributed by atoms with Gasteiger partial charge in [0.15, 0.2) is 6.61 Å². The van der Waals surface area contributed by atoms with E-state index in [1.54, 1.807) is 36.4 Å². The van der Waals surface area contributed by atoms with Gasteiger partial charge in [0.25, 0.3) is 5.91 Å². The Morgan fingerprint density at radius 3 is 2.52 bits per heavy atom. The number of rotatable bonds is 6. The van der Waals surface area contributed by atoms with Crippen molar-refractivity contribution in [3.8, 4) is 0 Å². The van der Waals surface area contributed by atoms with Crippen molar-refractivity contribution in [2.45, 2.75) is 13.3 Å². The van der Waals surface area contributed by atoms with Crippen molar-refractivity contribution in [3.05, 3.63) is 58.1 Å². The van der Waals surface area contributed by atoms with Gasteiger partial charge in [-0.3, -0.25) is 14.4 Å². The molecule has 1 aliphatic rings. The highest BCUT2D eigenvalue weighted by atomic mass is 79.9. The molecule has 0 aliphatic carbocycles. The molecule has 3 rings (SSSR count). The fourth-order valence-corrected chi connectivity index (χ4v) is 3.43. The van der Waals surface area contributed by atoms with Gasteiger partial charge >= 0.3 is 11.9 Å². The molecule has 0 spiro atoms. The maximum atomic E-state index is 12.4. The number of hydrogen-bond acceptors (Lipinski definition) is 6. The fourth-order valence-electron chi connectivity index (χ4n) is 3.18. The van der Waals surface area contributed by atoms with Crippen LogP contribution in [0.1, 0.15) is 22.3 Å². The summed E-state index contributed by atoms with van der Waals surface area (Å²) in [5.74, 6) is -2.45. The first kappa shape index (κ1) is 22.5. The molecule has 1 atom stereocenters.